The van der Waals surface area contributed by atoms with E-state index in [4.69, 9.17) is 4.74 Å². The van der Waals surface area contributed by atoms with Crippen LogP contribution >= 0.6 is 0 Å². The van der Waals surface area contributed by atoms with Crippen LogP contribution in [0.3, 0.4) is 0 Å². The SMILES string of the molecule is COCCNC(=O)NC(=O)CN1CCN(Cc2ccccn2)CC1. The lowest BCUT2D eigenvalue weighted by atomic mass is 10.2. The van der Waals surface area contributed by atoms with E-state index in [1.165, 1.54) is 0 Å². The first-order valence-electron chi connectivity index (χ1n) is 8.08. The van der Waals surface area contributed by atoms with Crippen LogP contribution in [0.2, 0.25) is 0 Å². The summed E-state index contributed by atoms with van der Waals surface area (Å²) in [6.45, 7) is 5.20. The molecule has 1 fully saturated rings. The van der Waals surface area contributed by atoms with Crippen LogP contribution in [0.25, 0.3) is 0 Å². The van der Waals surface area contributed by atoms with Gasteiger partial charge in [0.1, 0.15) is 0 Å². The Kier molecular flexibility index (Phi) is 7.60. The second kappa shape index (κ2) is 9.96. The summed E-state index contributed by atoms with van der Waals surface area (Å²) in [5.41, 5.74) is 1.05. The molecule has 0 unspecified atom stereocenters. The van der Waals surface area contributed by atoms with Crippen molar-refractivity contribution in [2.75, 3.05) is 53.0 Å². The summed E-state index contributed by atoms with van der Waals surface area (Å²) in [6, 6.07) is 5.43. The average molecular weight is 335 g/mol. The number of aromatic nitrogens is 1. The van der Waals surface area contributed by atoms with Crippen LogP contribution in [0.5, 0.6) is 0 Å². The number of carbonyl (C=O) groups excluding carboxylic acids is 2. The van der Waals surface area contributed by atoms with Crippen LogP contribution in [0.1, 0.15) is 5.69 Å². The van der Waals surface area contributed by atoms with E-state index in [0.29, 0.717) is 13.2 Å². The van der Waals surface area contributed by atoms with E-state index in [2.05, 4.69) is 20.5 Å². The quantitative estimate of drug-likeness (QED) is 0.664. The van der Waals surface area contributed by atoms with Gasteiger partial charge in [0.2, 0.25) is 5.91 Å². The highest BCUT2D eigenvalue weighted by molar-refractivity contribution is 5.95. The lowest BCUT2D eigenvalue weighted by Gasteiger charge is -2.33. The Bertz CT molecular complexity index is 518. The molecule has 2 N–H and O–H groups in total. The Morgan fingerprint density at radius 3 is 2.62 bits per heavy atom. The maximum atomic E-state index is 11.9. The van der Waals surface area contributed by atoms with Crippen molar-refractivity contribution >= 4 is 11.9 Å². The fourth-order valence-electron chi connectivity index (χ4n) is 2.51. The first kappa shape index (κ1) is 18.3. The molecule has 1 aliphatic rings. The summed E-state index contributed by atoms with van der Waals surface area (Å²) >= 11 is 0. The van der Waals surface area contributed by atoms with Crippen LogP contribution in [0.4, 0.5) is 4.79 Å². The van der Waals surface area contributed by atoms with Gasteiger partial charge in [0.15, 0.2) is 0 Å². The highest BCUT2D eigenvalue weighted by Crippen LogP contribution is 2.06. The molecule has 2 rings (SSSR count). The Morgan fingerprint density at radius 2 is 1.96 bits per heavy atom. The van der Waals surface area contributed by atoms with Gasteiger partial charge in [0.25, 0.3) is 0 Å². The van der Waals surface area contributed by atoms with Gasteiger partial charge >= 0.3 is 6.03 Å². The van der Waals surface area contributed by atoms with Crippen molar-refractivity contribution in [3.8, 4) is 0 Å². The Balaban J connectivity index is 1.63. The van der Waals surface area contributed by atoms with E-state index < -0.39 is 6.03 Å². The molecule has 0 aromatic carbocycles. The number of nitrogens with one attached hydrogen (secondary N) is 2. The van der Waals surface area contributed by atoms with Crippen LogP contribution in [0, 0.1) is 0 Å². The topological polar surface area (TPSA) is 86.8 Å². The molecule has 1 aromatic rings. The molecule has 1 aliphatic heterocycles. The number of hydrogen-bond donors (Lipinski definition) is 2. The lowest BCUT2D eigenvalue weighted by Crippen LogP contribution is -2.51. The first-order chi connectivity index (χ1) is 11.7. The Morgan fingerprint density at radius 1 is 1.21 bits per heavy atom. The number of rotatable bonds is 7. The third kappa shape index (κ3) is 6.61. The molecule has 0 atom stereocenters. The number of ether oxygens (including phenoxy) is 1. The van der Waals surface area contributed by atoms with E-state index >= 15 is 0 Å². The molecular formula is C16H25N5O3. The zero-order chi connectivity index (χ0) is 17.2. The lowest BCUT2D eigenvalue weighted by molar-refractivity contribution is -0.121. The van der Waals surface area contributed by atoms with Crippen molar-refractivity contribution in [2.45, 2.75) is 6.54 Å². The van der Waals surface area contributed by atoms with E-state index in [0.717, 1.165) is 38.4 Å². The molecule has 8 nitrogen and oxygen atoms in total. The van der Waals surface area contributed by atoms with Gasteiger partial charge in [-0.3, -0.25) is 24.9 Å². The Hall–Kier alpha value is -2.03. The number of hydrogen-bond acceptors (Lipinski definition) is 6. The largest absolute Gasteiger partial charge is 0.383 e. The third-order valence-corrected chi connectivity index (χ3v) is 3.79. The number of carbonyl (C=O) groups is 2. The monoisotopic (exact) mass is 335 g/mol. The second-order valence-electron chi connectivity index (χ2n) is 5.67. The standard InChI is InChI=1S/C16H25N5O3/c1-24-11-6-18-16(23)19-15(22)13-21-9-7-20(8-10-21)12-14-4-2-3-5-17-14/h2-5H,6-13H2,1H3,(H2,18,19,22,23). The maximum absolute atomic E-state index is 11.9. The summed E-state index contributed by atoms with van der Waals surface area (Å²) < 4.78 is 4.83. The van der Waals surface area contributed by atoms with Crippen molar-refractivity contribution in [3.05, 3.63) is 30.1 Å². The fraction of sp³-hybridized carbons (Fsp3) is 0.562. The molecule has 1 aromatic heterocycles. The summed E-state index contributed by atoms with van der Waals surface area (Å²) in [5, 5.41) is 4.88. The minimum atomic E-state index is -0.481. The highest BCUT2D eigenvalue weighted by atomic mass is 16.5. The normalized spacial score (nSPS) is 15.9. The van der Waals surface area contributed by atoms with Crippen molar-refractivity contribution < 1.29 is 14.3 Å². The molecule has 24 heavy (non-hydrogen) atoms. The third-order valence-electron chi connectivity index (χ3n) is 3.79. The van der Waals surface area contributed by atoms with Crippen molar-refractivity contribution in [1.82, 2.24) is 25.4 Å². The molecule has 0 saturated carbocycles. The average Bonchev–Trinajstić information content (AvgIpc) is 2.58. The number of pyridine rings is 1. The molecule has 1 saturated heterocycles. The molecule has 0 radical (unpaired) electrons. The maximum Gasteiger partial charge on any atom is 0.321 e. The molecule has 8 heteroatoms. The summed E-state index contributed by atoms with van der Waals surface area (Å²) in [5.74, 6) is -0.289. The van der Waals surface area contributed by atoms with Crippen LogP contribution in [-0.4, -0.2) is 79.7 Å². The van der Waals surface area contributed by atoms with E-state index in [-0.39, 0.29) is 12.5 Å². The van der Waals surface area contributed by atoms with Crippen LogP contribution in [-0.2, 0) is 16.1 Å². The summed E-state index contributed by atoms with van der Waals surface area (Å²) in [4.78, 5) is 32.0. The predicted octanol–water partition coefficient (Wildman–Crippen LogP) is -0.329. The van der Waals surface area contributed by atoms with Gasteiger partial charge in [0.05, 0.1) is 18.8 Å². The van der Waals surface area contributed by atoms with Gasteiger partial charge in [-0.25, -0.2) is 4.79 Å². The zero-order valence-corrected chi connectivity index (χ0v) is 14.0. The fourth-order valence-corrected chi connectivity index (χ4v) is 2.51. The number of amides is 3. The number of methoxy groups -OCH3 is 1. The molecule has 0 spiro atoms. The van der Waals surface area contributed by atoms with Crippen molar-refractivity contribution in [3.63, 3.8) is 0 Å². The minimum Gasteiger partial charge on any atom is -0.383 e. The number of urea groups is 1. The van der Waals surface area contributed by atoms with E-state index in [1.54, 1.807) is 13.3 Å². The van der Waals surface area contributed by atoms with Gasteiger partial charge in [-0.15, -0.1) is 0 Å². The van der Waals surface area contributed by atoms with E-state index in [1.807, 2.05) is 23.1 Å². The molecule has 0 bridgehead atoms. The molecule has 0 aliphatic carbocycles. The summed E-state index contributed by atoms with van der Waals surface area (Å²) in [6.07, 6.45) is 1.80. The van der Waals surface area contributed by atoms with Crippen LogP contribution in [0.15, 0.2) is 24.4 Å². The minimum absolute atomic E-state index is 0.231. The van der Waals surface area contributed by atoms with Gasteiger partial charge in [-0.1, -0.05) is 6.07 Å². The van der Waals surface area contributed by atoms with Gasteiger partial charge in [-0.2, -0.15) is 0 Å². The van der Waals surface area contributed by atoms with Crippen molar-refractivity contribution in [1.29, 1.82) is 0 Å². The van der Waals surface area contributed by atoms with Gasteiger partial charge < -0.3 is 10.1 Å². The first-order valence-corrected chi connectivity index (χ1v) is 8.08. The molecule has 132 valence electrons. The van der Waals surface area contributed by atoms with E-state index in [9.17, 15) is 9.59 Å². The van der Waals surface area contributed by atoms with Crippen molar-refractivity contribution in [2.24, 2.45) is 0 Å². The number of piperazine rings is 1. The molecule has 3 amide bonds. The number of imide groups is 1. The van der Waals surface area contributed by atoms with Gasteiger partial charge in [0, 0.05) is 52.6 Å². The second-order valence-corrected chi connectivity index (χ2v) is 5.67. The zero-order valence-electron chi connectivity index (χ0n) is 14.0. The van der Waals surface area contributed by atoms with Crippen LogP contribution < -0.4 is 10.6 Å². The summed E-state index contributed by atoms with van der Waals surface area (Å²) in [7, 11) is 1.55. The smallest absolute Gasteiger partial charge is 0.321 e. The molecular weight excluding hydrogens is 310 g/mol. The predicted molar refractivity (Wildman–Crippen MR) is 89.4 cm³/mol. The number of nitrogens with zero attached hydrogens (tertiary/aromatic N) is 3. The molecule has 2 heterocycles. The Labute approximate surface area is 142 Å². The van der Waals surface area contributed by atoms with Gasteiger partial charge in [-0.05, 0) is 12.1 Å². The highest BCUT2D eigenvalue weighted by Gasteiger charge is 2.20.